The van der Waals surface area contributed by atoms with E-state index in [4.69, 9.17) is 20.3 Å². The van der Waals surface area contributed by atoms with E-state index in [0.29, 0.717) is 16.9 Å². The molecule has 0 bridgehead atoms. The van der Waals surface area contributed by atoms with Gasteiger partial charge in [0.15, 0.2) is 0 Å². The number of carbonyl (C=O) groups excluding carboxylic acids is 1. The Morgan fingerprint density at radius 3 is 2.41 bits per heavy atom. The number of esters is 1. The molecule has 0 spiro atoms. The van der Waals surface area contributed by atoms with Crippen molar-refractivity contribution >= 4 is 5.97 Å². The molecule has 116 valence electrons. The Morgan fingerprint density at radius 2 is 1.73 bits per heavy atom. The van der Waals surface area contributed by atoms with E-state index < -0.39 is 5.97 Å². The fraction of sp³-hybridized carbons (Fsp3) is 0.133. The van der Waals surface area contributed by atoms with Crippen LogP contribution in [0.1, 0.15) is 11.1 Å². The topological polar surface area (TPSA) is 99.5 Å². The average Bonchev–Trinajstić information content (AvgIpc) is 2.48. The third-order valence-electron chi connectivity index (χ3n) is 2.75. The van der Waals surface area contributed by atoms with Crippen LogP contribution in [0.15, 0.2) is 48.5 Å². The van der Waals surface area contributed by atoms with Crippen molar-refractivity contribution in [1.29, 1.82) is 0 Å². The first-order valence-corrected chi connectivity index (χ1v) is 6.41. The van der Waals surface area contributed by atoms with E-state index >= 15 is 0 Å². The summed E-state index contributed by atoms with van der Waals surface area (Å²) in [5.74, 6) is -0.0116. The van der Waals surface area contributed by atoms with Crippen LogP contribution in [-0.4, -0.2) is 26.9 Å². The number of ether oxygens (including phenoxy) is 1. The van der Waals surface area contributed by atoms with Gasteiger partial charge in [-0.2, -0.15) is 0 Å². The lowest BCUT2D eigenvalue weighted by atomic mass is 10.1. The molecule has 0 aromatic heterocycles. The predicted molar refractivity (Wildman–Crippen MR) is 74.1 cm³/mol. The Hall–Kier alpha value is -2.45. The van der Waals surface area contributed by atoms with E-state index in [1.807, 2.05) is 0 Å². The van der Waals surface area contributed by atoms with Crippen LogP contribution in [0, 0.1) is 0 Å². The van der Waals surface area contributed by atoms with Crippen molar-refractivity contribution in [2.45, 2.75) is 13.0 Å². The van der Waals surface area contributed by atoms with E-state index in [-0.39, 0.29) is 24.2 Å². The molecule has 0 amide bonds. The summed E-state index contributed by atoms with van der Waals surface area (Å²) in [5, 5.41) is 25.8. The number of phenols is 1. The number of aromatic hydroxyl groups is 1. The first-order valence-electron chi connectivity index (χ1n) is 6.41. The molecule has 22 heavy (non-hydrogen) atoms. The largest absolute Gasteiger partial charge is 0.508 e. The zero-order valence-corrected chi connectivity index (χ0v) is 11.5. The molecule has 0 radical (unpaired) electrons. The van der Waals surface area contributed by atoms with Crippen LogP contribution in [0.5, 0.6) is 11.5 Å². The molecule has 0 aliphatic carbocycles. The molecule has 2 aromatic rings. The summed E-state index contributed by atoms with van der Waals surface area (Å²) in [7, 11) is 0. The lowest BCUT2D eigenvalue weighted by Gasteiger charge is -2.08. The molecule has 0 saturated carbocycles. The van der Waals surface area contributed by atoms with E-state index in [9.17, 15) is 4.79 Å². The Bertz CT molecular complexity index is 626. The standard InChI is InChI=1S/C15H15NO6/c17-13-4-6-14(7-5-13)22-15(18)9-11-2-1-3-12(8-11)10-21-16(19)20/h1-8,17,19-20H,9-10H2. The van der Waals surface area contributed by atoms with Crippen molar-refractivity contribution in [3.63, 3.8) is 0 Å². The van der Waals surface area contributed by atoms with Crippen molar-refractivity contribution in [2.24, 2.45) is 0 Å². The van der Waals surface area contributed by atoms with Crippen molar-refractivity contribution < 1.29 is 29.9 Å². The minimum atomic E-state index is -0.449. The van der Waals surface area contributed by atoms with Gasteiger partial charge >= 0.3 is 5.97 Å². The van der Waals surface area contributed by atoms with Gasteiger partial charge in [0.2, 0.25) is 0 Å². The summed E-state index contributed by atoms with van der Waals surface area (Å²) in [4.78, 5) is 16.3. The van der Waals surface area contributed by atoms with Crippen molar-refractivity contribution in [3.05, 3.63) is 59.7 Å². The van der Waals surface area contributed by atoms with Gasteiger partial charge in [0.1, 0.15) is 11.5 Å². The average molecular weight is 305 g/mol. The molecule has 7 heteroatoms. The van der Waals surface area contributed by atoms with Gasteiger partial charge in [-0.3, -0.25) is 15.2 Å². The van der Waals surface area contributed by atoms with Crippen LogP contribution >= 0.6 is 0 Å². The third-order valence-corrected chi connectivity index (χ3v) is 2.75. The van der Waals surface area contributed by atoms with Crippen LogP contribution in [0.25, 0.3) is 0 Å². The van der Waals surface area contributed by atoms with Crippen LogP contribution in [0.3, 0.4) is 0 Å². The number of phenolic OH excluding ortho intramolecular Hbond substituents is 1. The maximum atomic E-state index is 11.8. The molecule has 3 N–H and O–H groups in total. The zero-order valence-electron chi connectivity index (χ0n) is 11.5. The second-order valence-electron chi connectivity index (χ2n) is 4.49. The van der Waals surface area contributed by atoms with Crippen molar-refractivity contribution in [1.82, 2.24) is 5.39 Å². The first kappa shape index (κ1) is 15.9. The summed E-state index contributed by atoms with van der Waals surface area (Å²) < 4.78 is 5.14. The number of carbonyl (C=O) groups is 1. The summed E-state index contributed by atoms with van der Waals surface area (Å²) in [6.07, 6.45) is 0.0523. The van der Waals surface area contributed by atoms with E-state index in [1.165, 1.54) is 24.3 Å². The molecule has 0 aliphatic heterocycles. The highest BCUT2D eigenvalue weighted by molar-refractivity contribution is 5.75. The quantitative estimate of drug-likeness (QED) is 0.426. The lowest BCUT2D eigenvalue weighted by molar-refractivity contribution is -0.497. The normalized spacial score (nSPS) is 10.7. The smallest absolute Gasteiger partial charge is 0.315 e. The van der Waals surface area contributed by atoms with E-state index in [1.54, 1.807) is 24.3 Å². The van der Waals surface area contributed by atoms with Crippen LogP contribution in [0.2, 0.25) is 0 Å². The number of rotatable bonds is 6. The number of benzene rings is 2. The maximum Gasteiger partial charge on any atom is 0.315 e. The van der Waals surface area contributed by atoms with Gasteiger partial charge in [-0.25, -0.2) is 4.84 Å². The molecular weight excluding hydrogens is 290 g/mol. The molecule has 2 rings (SSSR count). The number of hydrogen-bond donors (Lipinski definition) is 3. The van der Waals surface area contributed by atoms with Gasteiger partial charge in [0.05, 0.1) is 18.4 Å². The molecular formula is C15H15NO6. The highest BCUT2D eigenvalue weighted by atomic mass is 17.1. The van der Waals surface area contributed by atoms with Crippen LogP contribution in [0.4, 0.5) is 0 Å². The third kappa shape index (κ3) is 5.15. The fourth-order valence-corrected chi connectivity index (χ4v) is 1.81. The zero-order chi connectivity index (χ0) is 15.9. The minimum Gasteiger partial charge on any atom is -0.508 e. The van der Waals surface area contributed by atoms with Crippen molar-refractivity contribution in [3.8, 4) is 11.5 Å². The molecule has 0 fully saturated rings. The maximum absolute atomic E-state index is 11.8. The molecule has 0 aliphatic rings. The Kier molecular flexibility index (Phi) is 5.45. The summed E-state index contributed by atoms with van der Waals surface area (Å²) >= 11 is 0. The van der Waals surface area contributed by atoms with Gasteiger partial charge in [-0.15, -0.1) is 0 Å². The molecule has 0 unspecified atom stereocenters. The van der Waals surface area contributed by atoms with E-state index in [2.05, 4.69) is 4.84 Å². The second-order valence-corrected chi connectivity index (χ2v) is 4.49. The van der Waals surface area contributed by atoms with Gasteiger partial charge in [0, 0.05) is 0 Å². The van der Waals surface area contributed by atoms with Gasteiger partial charge in [0.25, 0.3) is 0 Å². The number of hydrogen-bond acceptors (Lipinski definition) is 7. The van der Waals surface area contributed by atoms with Gasteiger partial charge in [-0.1, -0.05) is 24.3 Å². The molecule has 0 saturated heterocycles. The second kappa shape index (κ2) is 7.53. The van der Waals surface area contributed by atoms with Crippen molar-refractivity contribution in [2.75, 3.05) is 0 Å². The van der Waals surface area contributed by atoms with E-state index in [0.717, 1.165) is 0 Å². The Labute approximate surface area is 126 Å². The fourth-order valence-electron chi connectivity index (χ4n) is 1.81. The molecule has 0 atom stereocenters. The highest BCUT2D eigenvalue weighted by Gasteiger charge is 2.08. The molecule has 2 aromatic carbocycles. The summed E-state index contributed by atoms with van der Waals surface area (Å²) in [6.45, 7) is -0.0478. The molecule has 7 nitrogen and oxygen atoms in total. The number of nitrogens with zero attached hydrogens (tertiary/aromatic N) is 1. The summed E-state index contributed by atoms with van der Waals surface area (Å²) in [5.41, 5.74) is 1.37. The SMILES string of the molecule is O=C(Cc1cccc(CON(O)O)c1)Oc1ccc(O)cc1. The summed E-state index contributed by atoms with van der Waals surface area (Å²) in [6, 6.07) is 12.7. The Balaban J connectivity index is 1.93. The lowest BCUT2D eigenvalue weighted by Crippen LogP contribution is -2.14. The highest BCUT2D eigenvalue weighted by Crippen LogP contribution is 2.17. The van der Waals surface area contributed by atoms with Gasteiger partial charge < -0.3 is 9.84 Å². The predicted octanol–water partition coefficient (Wildman–Crippen LogP) is 2.05. The molecule has 0 heterocycles. The van der Waals surface area contributed by atoms with Gasteiger partial charge in [-0.05, 0) is 35.4 Å². The Morgan fingerprint density at radius 1 is 1.05 bits per heavy atom. The monoisotopic (exact) mass is 305 g/mol. The van der Waals surface area contributed by atoms with Crippen LogP contribution in [-0.2, 0) is 22.7 Å². The van der Waals surface area contributed by atoms with Crippen LogP contribution < -0.4 is 4.74 Å². The first-order chi connectivity index (χ1) is 10.5. The minimum absolute atomic E-state index is 0.0478.